The molecule has 0 saturated heterocycles. The number of pyridine rings is 1. The molecule has 4 rings (SSSR count). The molecule has 0 saturated carbocycles. The van der Waals surface area contributed by atoms with Crippen LogP contribution in [0.2, 0.25) is 0 Å². The van der Waals surface area contributed by atoms with Gasteiger partial charge in [-0.15, -0.1) is 0 Å². The van der Waals surface area contributed by atoms with Crippen LogP contribution in [-0.2, 0) is 0 Å². The molecule has 0 atom stereocenters. The third-order valence-corrected chi connectivity index (χ3v) is 7.25. The number of methoxy groups -OCH3 is 1. The number of anilines is 1. The second-order valence-corrected chi connectivity index (χ2v) is 9.42. The molecule has 1 aromatic heterocycles. The molecule has 1 amide bonds. The molecular weight excluding hydrogens is 495 g/mol. The van der Waals surface area contributed by atoms with Crippen LogP contribution in [0.1, 0.15) is 10.4 Å². The number of carbonyl (C=O) groups is 1. The van der Waals surface area contributed by atoms with Crippen molar-refractivity contribution in [2.75, 3.05) is 12.4 Å². The van der Waals surface area contributed by atoms with E-state index < -0.39 is 0 Å². The van der Waals surface area contributed by atoms with E-state index in [1.165, 1.54) is 4.46 Å². The first kappa shape index (κ1) is 19.6. The summed E-state index contributed by atoms with van der Waals surface area (Å²) < 4.78 is 9.08. The van der Waals surface area contributed by atoms with E-state index in [1.807, 2.05) is 48.5 Å². The number of nitrogens with one attached hydrogen (secondary N) is 1. The van der Waals surface area contributed by atoms with E-state index in [4.69, 9.17) is 4.74 Å². The van der Waals surface area contributed by atoms with Crippen molar-refractivity contribution in [3.05, 3.63) is 89.0 Å². The fourth-order valence-corrected chi connectivity index (χ4v) is 5.37. The van der Waals surface area contributed by atoms with Gasteiger partial charge >= 0.3 is 184 Å². The van der Waals surface area contributed by atoms with Gasteiger partial charge in [-0.3, -0.25) is 0 Å². The molecule has 0 aliphatic heterocycles. The summed E-state index contributed by atoms with van der Waals surface area (Å²) in [5, 5.41) is 3.98. The molecule has 29 heavy (non-hydrogen) atoms. The Morgan fingerprint density at radius 2 is 1.79 bits per heavy atom. The van der Waals surface area contributed by atoms with Gasteiger partial charge < -0.3 is 0 Å². The summed E-state index contributed by atoms with van der Waals surface area (Å²) in [7, 11) is 1.65. The van der Waals surface area contributed by atoms with Gasteiger partial charge in [-0.2, -0.15) is 0 Å². The molecule has 1 heterocycles. The van der Waals surface area contributed by atoms with Crippen LogP contribution >= 0.6 is 15.9 Å². The van der Waals surface area contributed by atoms with Gasteiger partial charge in [0.1, 0.15) is 0 Å². The van der Waals surface area contributed by atoms with Crippen LogP contribution in [0.4, 0.5) is 5.69 Å². The number of nitrogens with zero attached hydrogens (tertiary/aromatic N) is 1. The number of amides is 1. The molecular formula is C23H17BrN2O2Se. The van der Waals surface area contributed by atoms with E-state index in [1.54, 1.807) is 25.4 Å². The number of rotatable bonds is 5. The summed E-state index contributed by atoms with van der Waals surface area (Å²) in [6.45, 7) is 0. The fourth-order valence-electron chi connectivity index (χ4n) is 2.96. The average Bonchev–Trinajstić information content (AvgIpc) is 2.77. The summed E-state index contributed by atoms with van der Waals surface area (Å²) in [6, 6.07) is 23.2. The number of fused-ring (bicyclic) bond motifs is 1. The van der Waals surface area contributed by atoms with Crippen molar-refractivity contribution in [1.82, 2.24) is 4.98 Å². The Bertz CT molecular complexity index is 1160. The summed E-state index contributed by atoms with van der Waals surface area (Å²) in [4.78, 5) is 17.2. The molecule has 0 radical (unpaired) electrons. The maximum absolute atomic E-state index is 12.7. The number of aromatic nitrogens is 1. The van der Waals surface area contributed by atoms with Gasteiger partial charge in [0.15, 0.2) is 0 Å². The van der Waals surface area contributed by atoms with E-state index >= 15 is 0 Å². The first-order valence-electron chi connectivity index (χ1n) is 8.91. The third-order valence-electron chi connectivity index (χ3n) is 4.34. The first-order valence-corrected chi connectivity index (χ1v) is 11.4. The Balaban J connectivity index is 1.77. The number of hydrogen-bond donors (Lipinski definition) is 1. The van der Waals surface area contributed by atoms with Crippen molar-refractivity contribution in [2.24, 2.45) is 0 Å². The fraction of sp³-hybridized carbons (Fsp3) is 0.0435. The van der Waals surface area contributed by atoms with Crippen molar-refractivity contribution in [3.63, 3.8) is 0 Å². The molecule has 4 aromatic rings. The molecule has 0 fully saturated rings. The van der Waals surface area contributed by atoms with E-state index in [0.29, 0.717) is 11.3 Å². The maximum atomic E-state index is 12.7. The zero-order valence-electron chi connectivity index (χ0n) is 15.6. The monoisotopic (exact) mass is 512 g/mol. The second kappa shape index (κ2) is 8.78. The molecule has 3 aromatic carbocycles. The zero-order valence-corrected chi connectivity index (χ0v) is 18.9. The van der Waals surface area contributed by atoms with Gasteiger partial charge in [0, 0.05) is 0 Å². The van der Waals surface area contributed by atoms with Crippen LogP contribution < -0.4 is 19.0 Å². The van der Waals surface area contributed by atoms with Crippen molar-refractivity contribution in [3.8, 4) is 5.75 Å². The predicted octanol–water partition coefficient (Wildman–Crippen LogP) is 3.91. The number of carbonyl (C=O) groups excluding carboxylic acids is 1. The summed E-state index contributed by atoms with van der Waals surface area (Å²) in [5.74, 6) is 0.572. The zero-order chi connectivity index (χ0) is 20.2. The van der Waals surface area contributed by atoms with Crippen LogP contribution in [0.5, 0.6) is 5.75 Å². The quantitative estimate of drug-likeness (QED) is 0.413. The van der Waals surface area contributed by atoms with Gasteiger partial charge in [-0.1, -0.05) is 0 Å². The SMILES string of the molecule is COc1cc(NC(=O)c2ccccc2)c2ncccc2c1[Se]c1ccc(Br)cc1. The Morgan fingerprint density at radius 3 is 2.52 bits per heavy atom. The van der Waals surface area contributed by atoms with E-state index in [0.717, 1.165) is 25.6 Å². The van der Waals surface area contributed by atoms with Crippen molar-refractivity contribution in [1.29, 1.82) is 0 Å². The van der Waals surface area contributed by atoms with Crippen LogP contribution in [0.25, 0.3) is 10.9 Å². The number of benzene rings is 3. The van der Waals surface area contributed by atoms with Gasteiger partial charge in [0.05, 0.1) is 0 Å². The number of ether oxygens (including phenoxy) is 1. The van der Waals surface area contributed by atoms with Crippen molar-refractivity contribution < 1.29 is 9.53 Å². The predicted molar refractivity (Wildman–Crippen MR) is 122 cm³/mol. The van der Waals surface area contributed by atoms with Crippen molar-refractivity contribution in [2.45, 2.75) is 0 Å². The molecule has 144 valence electrons. The van der Waals surface area contributed by atoms with Gasteiger partial charge in [0.25, 0.3) is 0 Å². The van der Waals surface area contributed by atoms with Gasteiger partial charge in [-0.05, 0) is 0 Å². The molecule has 6 heteroatoms. The van der Waals surface area contributed by atoms with Crippen LogP contribution in [0, 0.1) is 0 Å². The van der Waals surface area contributed by atoms with Gasteiger partial charge in [-0.25, -0.2) is 0 Å². The first-order chi connectivity index (χ1) is 14.2. The standard InChI is InChI=1S/C23H17BrN2O2Se/c1-28-20-14-19(26-23(27)15-6-3-2-4-7-15)21-18(8-5-13-25-21)22(20)29-17-11-9-16(24)10-12-17/h2-14H,1H3,(H,26,27). The van der Waals surface area contributed by atoms with Crippen LogP contribution in [0.15, 0.2) is 83.5 Å². The van der Waals surface area contributed by atoms with E-state index in [2.05, 4.69) is 38.4 Å². The minimum atomic E-state index is -0.175. The number of halogens is 1. The topological polar surface area (TPSA) is 51.2 Å². The molecule has 0 spiro atoms. The van der Waals surface area contributed by atoms with Crippen LogP contribution in [-0.4, -0.2) is 33.0 Å². The minimum absolute atomic E-state index is 0.0231. The van der Waals surface area contributed by atoms with E-state index in [9.17, 15) is 4.79 Å². The summed E-state index contributed by atoms with van der Waals surface area (Å²) in [6.07, 6.45) is 1.74. The average molecular weight is 512 g/mol. The Labute approximate surface area is 183 Å². The van der Waals surface area contributed by atoms with Crippen molar-refractivity contribution >= 4 is 62.3 Å². The molecule has 0 bridgehead atoms. The molecule has 1 N–H and O–H groups in total. The Morgan fingerprint density at radius 1 is 1.03 bits per heavy atom. The normalized spacial score (nSPS) is 10.7. The van der Waals surface area contributed by atoms with E-state index in [-0.39, 0.29) is 20.9 Å². The molecule has 0 aliphatic carbocycles. The number of hydrogen-bond acceptors (Lipinski definition) is 3. The summed E-state index contributed by atoms with van der Waals surface area (Å²) >= 11 is 3.51. The van der Waals surface area contributed by atoms with Crippen LogP contribution in [0.3, 0.4) is 0 Å². The Hall–Kier alpha value is -2.66. The summed E-state index contributed by atoms with van der Waals surface area (Å²) in [5.41, 5.74) is 1.99. The third kappa shape index (κ3) is 4.35. The Kier molecular flexibility index (Phi) is 5.95. The molecule has 4 nitrogen and oxygen atoms in total. The molecule has 0 aliphatic rings. The second-order valence-electron chi connectivity index (χ2n) is 6.23. The van der Waals surface area contributed by atoms with Gasteiger partial charge in [0.2, 0.25) is 0 Å². The molecule has 0 unspecified atom stereocenters.